The minimum atomic E-state index is -4.07. The molecule has 0 saturated carbocycles. The normalized spacial score (nSPS) is 14.5. The molecule has 0 radical (unpaired) electrons. The molecule has 0 amide bonds. The van der Waals surface area contributed by atoms with Crippen molar-refractivity contribution in [3.8, 4) is 0 Å². The molecule has 0 aliphatic carbocycles. The number of carboxylic acid groups (broad SMARTS) is 1. The van der Waals surface area contributed by atoms with Gasteiger partial charge in [-0.2, -0.15) is 0 Å². The van der Waals surface area contributed by atoms with E-state index in [1.807, 2.05) is 4.72 Å². The van der Waals surface area contributed by atoms with Crippen LogP contribution in [-0.2, 0) is 14.8 Å². The number of sulfonamides is 1. The third kappa shape index (κ3) is 3.73. The lowest BCUT2D eigenvalue weighted by Gasteiger charge is -2.18. The van der Waals surface area contributed by atoms with Gasteiger partial charge >= 0.3 is 5.97 Å². The number of benzene rings is 1. The lowest BCUT2D eigenvalue weighted by Crippen LogP contribution is -2.46. The molecule has 0 fully saturated rings. The molecule has 0 saturated heterocycles. The maximum absolute atomic E-state index is 11.8. The highest BCUT2D eigenvalue weighted by Gasteiger charge is 2.31. The molecule has 1 atom stereocenters. The van der Waals surface area contributed by atoms with Crippen LogP contribution in [0.5, 0.6) is 0 Å². The van der Waals surface area contributed by atoms with Crippen molar-refractivity contribution >= 4 is 21.7 Å². The molecule has 1 aromatic carbocycles. The number of nitro benzene ring substituents is 1. The predicted molar refractivity (Wildman–Crippen MR) is 66.5 cm³/mol. The summed E-state index contributed by atoms with van der Waals surface area (Å²) in [6.45, 7) is 0.204. The third-order valence-electron chi connectivity index (χ3n) is 2.42. The molecule has 20 heavy (non-hydrogen) atoms. The average Bonchev–Trinajstić information content (AvgIpc) is 2.36. The lowest BCUT2D eigenvalue weighted by molar-refractivity contribution is -0.384. The molecule has 9 nitrogen and oxygen atoms in total. The van der Waals surface area contributed by atoms with Crippen LogP contribution >= 0.6 is 0 Å². The van der Waals surface area contributed by atoms with Crippen molar-refractivity contribution in [3.63, 3.8) is 0 Å². The number of nitro groups is 1. The Labute approximate surface area is 114 Å². The Balaban J connectivity index is 2.89. The van der Waals surface area contributed by atoms with Crippen LogP contribution in [-0.4, -0.2) is 41.7 Å². The quantitative estimate of drug-likeness (QED) is 0.483. The van der Waals surface area contributed by atoms with Crippen LogP contribution in [0.1, 0.15) is 6.92 Å². The highest BCUT2D eigenvalue weighted by Crippen LogP contribution is 2.16. The number of hydrogen-bond acceptors (Lipinski definition) is 6. The van der Waals surface area contributed by atoms with Crippen molar-refractivity contribution in [1.82, 2.24) is 4.72 Å². The second-order valence-electron chi connectivity index (χ2n) is 4.15. The number of non-ortho nitro benzene ring substituents is 1. The summed E-state index contributed by atoms with van der Waals surface area (Å²) < 4.78 is 25.5. The van der Waals surface area contributed by atoms with Crippen LogP contribution in [0.2, 0.25) is 0 Å². The molecule has 0 aliphatic rings. The molecule has 1 rings (SSSR count). The number of nitrogens with zero attached hydrogens (tertiary/aromatic N) is 1. The van der Waals surface area contributed by atoms with E-state index in [9.17, 15) is 28.4 Å². The molecule has 110 valence electrons. The van der Waals surface area contributed by atoms with Crippen molar-refractivity contribution in [1.29, 1.82) is 0 Å². The summed E-state index contributed by atoms with van der Waals surface area (Å²) in [7, 11) is -4.07. The highest BCUT2D eigenvalue weighted by atomic mass is 32.2. The van der Waals surface area contributed by atoms with Crippen LogP contribution in [0.4, 0.5) is 5.69 Å². The van der Waals surface area contributed by atoms with E-state index in [1.54, 1.807) is 0 Å². The first-order valence-electron chi connectivity index (χ1n) is 5.26. The Kier molecular flexibility index (Phi) is 4.43. The first-order valence-corrected chi connectivity index (χ1v) is 6.74. The van der Waals surface area contributed by atoms with Crippen molar-refractivity contribution in [2.24, 2.45) is 0 Å². The molecule has 0 aromatic heterocycles. The van der Waals surface area contributed by atoms with E-state index in [2.05, 4.69) is 0 Å². The predicted octanol–water partition coefficient (Wildman–Crippen LogP) is -0.291. The Morgan fingerprint density at radius 1 is 1.40 bits per heavy atom. The summed E-state index contributed by atoms with van der Waals surface area (Å²) >= 11 is 0. The van der Waals surface area contributed by atoms with Gasteiger partial charge in [-0.15, -0.1) is 0 Å². The molecular formula is C10H12N2O7S. The van der Waals surface area contributed by atoms with Crippen LogP contribution in [0, 0.1) is 10.1 Å². The van der Waals surface area contributed by atoms with Gasteiger partial charge in [-0.3, -0.25) is 10.1 Å². The van der Waals surface area contributed by atoms with Gasteiger partial charge in [0.2, 0.25) is 10.0 Å². The molecule has 0 bridgehead atoms. The summed E-state index contributed by atoms with van der Waals surface area (Å²) in [5.41, 5.74) is -2.53. The summed E-state index contributed by atoms with van der Waals surface area (Å²) in [6, 6.07) is 4.03. The summed E-state index contributed by atoms with van der Waals surface area (Å²) in [4.78, 5) is 20.1. The maximum Gasteiger partial charge on any atom is 0.336 e. The minimum absolute atomic E-state index is 0.274. The van der Waals surface area contributed by atoms with Gasteiger partial charge in [0, 0.05) is 12.1 Å². The average molecular weight is 304 g/mol. The van der Waals surface area contributed by atoms with E-state index in [0.717, 1.165) is 31.2 Å². The van der Waals surface area contributed by atoms with E-state index in [1.165, 1.54) is 0 Å². The highest BCUT2D eigenvalue weighted by molar-refractivity contribution is 7.89. The van der Waals surface area contributed by atoms with Crippen LogP contribution in [0.3, 0.4) is 0 Å². The fourth-order valence-corrected chi connectivity index (χ4v) is 2.27. The Morgan fingerprint density at radius 2 is 1.90 bits per heavy atom. The van der Waals surface area contributed by atoms with Gasteiger partial charge in [-0.25, -0.2) is 17.9 Å². The Hall–Kier alpha value is -2.04. The molecule has 3 N–H and O–H groups in total. The summed E-state index contributed by atoms with van der Waals surface area (Å²) in [5, 5.41) is 28.5. The minimum Gasteiger partial charge on any atom is -0.479 e. The van der Waals surface area contributed by atoms with Gasteiger partial charge in [0.25, 0.3) is 5.69 Å². The first-order chi connectivity index (χ1) is 9.06. The molecular weight excluding hydrogens is 292 g/mol. The topological polar surface area (TPSA) is 147 Å². The van der Waals surface area contributed by atoms with Crippen molar-refractivity contribution in [2.45, 2.75) is 17.4 Å². The van der Waals surface area contributed by atoms with Gasteiger partial charge in [-0.1, -0.05) is 0 Å². The second-order valence-corrected chi connectivity index (χ2v) is 5.92. The van der Waals surface area contributed by atoms with E-state index in [0.29, 0.717) is 0 Å². The molecule has 1 unspecified atom stereocenters. The summed E-state index contributed by atoms with van der Waals surface area (Å²) in [6.07, 6.45) is 0. The number of carboxylic acids is 1. The van der Waals surface area contributed by atoms with Gasteiger partial charge in [-0.05, 0) is 19.1 Å². The van der Waals surface area contributed by atoms with Gasteiger partial charge < -0.3 is 10.2 Å². The molecule has 0 spiro atoms. The van der Waals surface area contributed by atoms with Gasteiger partial charge in [0.1, 0.15) is 0 Å². The Bertz CT molecular complexity index is 622. The maximum atomic E-state index is 11.8. The van der Waals surface area contributed by atoms with E-state index in [-0.39, 0.29) is 10.6 Å². The van der Waals surface area contributed by atoms with Gasteiger partial charge in [0.05, 0.1) is 16.4 Å². The van der Waals surface area contributed by atoms with Crippen LogP contribution in [0.25, 0.3) is 0 Å². The van der Waals surface area contributed by atoms with Crippen molar-refractivity contribution in [2.75, 3.05) is 6.54 Å². The second kappa shape index (κ2) is 5.53. The SMILES string of the molecule is CC(O)(CNS(=O)(=O)c1ccc([N+](=O)[O-])cc1)C(=O)O. The van der Waals surface area contributed by atoms with Crippen LogP contribution < -0.4 is 4.72 Å². The van der Waals surface area contributed by atoms with Gasteiger partial charge in [0.15, 0.2) is 5.60 Å². The smallest absolute Gasteiger partial charge is 0.336 e. The van der Waals surface area contributed by atoms with E-state index >= 15 is 0 Å². The number of aliphatic carboxylic acids is 1. The number of carbonyl (C=O) groups is 1. The number of rotatable bonds is 6. The van der Waals surface area contributed by atoms with E-state index < -0.39 is 33.1 Å². The molecule has 1 aromatic rings. The number of nitrogens with one attached hydrogen (secondary N) is 1. The first kappa shape index (κ1) is 16.0. The third-order valence-corrected chi connectivity index (χ3v) is 3.84. The number of hydrogen-bond donors (Lipinski definition) is 3. The lowest BCUT2D eigenvalue weighted by atomic mass is 10.1. The zero-order chi connectivity index (χ0) is 15.6. The molecule has 0 aliphatic heterocycles. The molecule has 0 heterocycles. The fraction of sp³-hybridized carbons (Fsp3) is 0.300. The van der Waals surface area contributed by atoms with Crippen LogP contribution in [0.15, 0.2) is 29.2 Å². The fourth-order valence-electron chi connectivity index (χ4n) is 1.14. The summed E-state index contributed by atoms with van der Waals surface area (Å²) in [5.74, 6) is -1.58. The molecule has 10 heteroatoms. The van der Waals surface area contributed by atoms with E-state index in [4.69, 9.17) is 5.11 Å². The zero-order valence-electron chi connectivity index (χ0n) is 10.3. The standard InChI is InChI=1S/C10H12N2O7S/c1-10(15,9(13)14)6-11-20(18,19)8-4-2-7(3-5-8)12(16)17/h2-5,11,15H,6H2,1H3,(H,13,14). The monoisotopic (exact) mass is 304 g/mol. The van der Waals surface area contributed by atoms with Crippen molar-refractivity contribution < 1.29 is 28.3 Å². The largest absolute Gasteiger partial charge is 0.479 e. The number of aliphatic hydroxyl groups is 1. The van der Waals surface area contributed by atoms with Crippen molar-refractivity contribution in [3.05, 3.63) is 34.4 Å². The zero-order valence-corrected chi connectivity index (χ0v) is 11.1. The Morgan fingerprint density at radius 3 is 2.30 bits per heavy atom.